The van der Waals surface area contributed by atoms with Crippen LogP contribution in [-0.4, -0.2) is 56.3 Å². The second-order valence-corrected chi connectivity index (χ2v) is 11.3. The molecule has 9 heteroatoms. The number of hydrogen-bond acceptors (Lipinski definition) is 9. The normalized spacial score (nSPS) is 22.0. The molecule has 192 valence electrons. The highest BCUT2D eigenvalue weighted by molar-refractivity contribution is 7.18. The van der Waals surface area contributed by atoms with Crippen molar-refractivity contribution < 1.29 is 5.11 Å². The Morgan fingerprint density at radius 3 is 2.46 bits per heavy atom. The van der Waals surface area contributed by atoms with Crippen LogP contribution in [0.5, 0.6) is 0 Å². The number of hydrogen-bond donors (Lipinski definition) is 3. The molecule has 8 nitrogen and oxygen atoms in total. The Labute approximate surface area is 221 Å². The summed E-state index contributed by atoms with van der Waals surface area (Å²) in [5.41, 5.74) is 10.2. The predicted molar refractivity (Wildman–Crippen MR) is 148 cm³/mol. The van der Waals surface area contributed by atoms with E-state index < -0.39 is 0 Å². The lowest BCUT2D eigenvalue weighted by molar-refractivity contribution is 0.126. The van der Waals surface area contributed by atoms with Crippen LogP contribution in [0.15, 0.2) is 48.5 Å². The number of rotatable bonds is 7. The third-order valence-electron chi connectivity index (χ3n) is 7.26. The third kappa shape index (κ3) is 5.89. The average molecular weight is 516 g/mol. The predicted octanol–water partition coefficient (Wildman–Crippen LogP) is 3.92. The lowest BCUT2D eigenvalue weighted by atomic mass is 9.93. The summed E-state index contributed by atoms with van der Waals surface area (Å²) >= 11 is 1.63. The zero-order valence-electron chi connectivity index (χ0n) is 20.9. The number of aromatic nitrogens is 4. The summed E-state index contributed by atoms with van der Waals surface area (Å²) < 4.78 is 0. The van der Waals surface area contributed by atoms with E-state index in [0.29, 0.717) is 12.4 Å². The maximum absolute atomic E-state index is 9.88. The molecule has 0 amide bonds. The van der Waals surface area contributed by atoms with Crippen LogP contribution in [-0.2, 0) is 12.8 Å². The summed E-state index contributed by atoms with van der Waals surface area (Å²) in [7, 11) is 0. The molecule has 1 saturated carbocycles. The molecule has 2 fully saturated rings. The fourth-order valence-corrected chi connectivity index (χ4v) is 6.21. The van der Waals surface area contributed by atoms with Gasteiger partial charge in [0.15, 0.2) is 0 Å². The molecule has 2 aliphatic rings. The van der Waals surface area contributed by atoms with E-state index in [0.717, 1.165) is 84.2 Å². The van der Waals surface area contributed by atoms with Gasteiger partial charge in [-0.05, 0) is 55.9 Å². The van der Waals surface area contributed by atoms with Crippen LogP contribution in [0.1, 0.15) is 54.1 Å². The van der Waals surface area contributed by atoms with Crippen LogP contribution in [0.3, 0.4) is 0 Å². The van der Waals surface area contributed by atoms with Crippen molar-refractivity contribution in [1.82, 2.24) is 19.9 Å². The van der Waals surface area contributed by atoms with Crippen LogP contribution in [0.2, 0.25) is 0 Å². The zero-order valence-corrected chi connectivity index (χ0v) is 21.7. The molecule has 4 heterocycles. The van der Waals surface area contributed by atoms with Crippen molar-refractivity contribution in [1.29, 1.82) is 0 Å². The standard InChI is InChI=1S/C28H33N7OS/c29-19-12-13-35(17-19)25-11-10-24-27(34-25)37-26(33-24)16-22-15-21(14-18-4-2-1-3-5-18)31-28(32-22)30-20-6-8-23(36)9-7-20/h1-5,10-11,15,19-20,23,36H,6-9,12-14,16-17,29H2,(H,30,31,32)/t19-,20?,23?/m1/s1. The van der Waals surface area contributed by atoms with Crippen LogP contribution in [0.4, 0.5) is 11.8 Å². The van der Waals surface area contributed by atoms with E-state index in [-0.39, 0.29) is 18.2 Å². The SMILES string of the molecule is N[C@@H]1CCN(c2ccc3nc(Cc4cc(Cc5ccccc5)nc(NC5CCC(O)CC5)n4)sc3n2)C1. The molecule has 1 atom stereocenters. The number of nitrogens with two attached hydrogens (primary N) is 1. The van der Waals surface area contributed by atoms with Crippen molar-refractivity contribution in [2.75, 3.05) is 23.3 Å². The number of thiazole rings is 1. The van der Waals surface area contributed by atoms with E-state index >= 15 is 0 Å². The minimum Gasteiger partial charge on any atom is -0.393 e. The maximum Gasteiger partial charge on any atom is 0.223 e. The smallest absolute Gasteiger partial charge is 0.223 e. The number of nitrogens with zero attached hydrogens (tertiary/aromatic N) is 5. The van der Waals surface area contributed by atoms with Gasteiger partial charge < -0.3 is 21.1 Å². The van der Waals surface area contributed by atoms with Crippen molar-refractivity contribution in [2.45, 2.75) is 63.1 Å². The zero-order chi connectivity index (χ0) is 25.2. The van der Waals surface area contributed by atoms with Gasteiger partial charge in [-0.15, -0.1) is 0 Å². The van der Waals surface area contributed by atoms with Gasteiger partial charge in [0.25, 0.3) is 0 Å². The second kappa shape index (κ2) is 10.7. The van der Waals surface area contributed by atoms with Gasteiger partial charge in [0, 0.05) is 38.0 Å². The van der Waals surface area contributed by atoms with Crippen molar-refractivity contribution in [3.63, 3.8) is 0 Å². The first kappa shape index (κ1) is 24.2. The summed E-state index contributed by atoms with van der Waals surface area (Å²) in [4.78, 5) is 22.7. The van der Waals surface area contributed by atoms with Gasteiger partial charge in [0.05, 0.1) is 17.5 Å². The highest BCUT2D eigenvalue weighted by Crippen LogP contribution is 2.27. The number of anilines is 2. The average Bonchev–Trinajstić information content (AvgIpc) is 3.51. The summed E-state index contributed by atoms with van der Waals surface area (Å²) in [6.45, 7) is 1.80. The molecule has 0 unspecified atom stereocenters. The van der Waals surface area contributed by atoms with Crippen molar-refractivity contribution in [3.05, 3.63) is 70.5 Å². The van der Waals surface area contributed by atoms with Crippen LogP contribution in [0, 0.1) is 0 Å². The van der Waals surface area contributed by atoms with E-state index in [2.05, 4.69) is 52.7 Å². The number of fused-ring (bicyclic) bond motifs is 1. The number of aliphatic hydroxyl groups excluding tert-OH is 1. The van der Waals surface area contributed by atoms with Crippen LogP contribution in [0.25, 0.3) is 10.3 Å². The van der Waals surface area contributed by atoms with Crippen molar-refractivity contribution in [3.8, 4) is 0 Å². The van der Waals surface area contributed by atoms with Gasteiger partial charge in [0.1, 0.15) is 21.2 Å². The molecular weight excluding hydrogens is 482 g/mol. The highest BCUT2D eigenvalue weighted by atomic mass is 32.1. The van der Waals surface area contributed by atoms with Gasteiger partial charge in [-0.1, -0.05) is 41.7 Å². The van der Waals surface area contributed by atoms with Gasteiger partial charge in [-0.2, -0.15) is 0 Å². The van der Waals surface area contributed by atoms with E-state index in [1.807, 2.05) is 6.07 Å². The Kier molecular flexibility index (Phi) is 6.99. The van der Waals surface area contributed by atoms with E-state index in [1.54, 1.807) is 11.3 Å². The molecule has 3 aromatic heterocycles. The maximum atomic E-state index is 9.88. The third-order valence-corrected chi connectivity index (χ3v) is 8.22. The lowest BCUT2D eigenvalue weighted by Crippen LogP contribution is -2.29. The molecule has 37 heavy (non-hydrogen) atoms. The number of aliphatic hydroxyl groups is 1. The Bertz CT molecular complexity index is 1350. The van der Waals surface area contributed by atoms with Crippen molar-refractivity contribution >= 4 is 33.5 Å². The molecule has 0 bridgehead atoms. The molecule has 1 saturated heterocycles. The Balaban J connectivity index is 1.25. The fourth-order valence-electron chi connectivity index (χ4n) is 5.26. The second-order valence-electron chi connectivity index (χ2n) is 10.3. The minimum absolute atomic E-state index is 0.186. The van der Waals surface area contributed by atoms with E-state index in [1.165, 1.54) is 5.56 Å². The number of pyridine rings is 1. The highest BCUT2D eigenvalue weighted by Gasteiger charge is 2.22. The first-order valence-electron chi connectivity index (χ1n) is 13.2. The van der Waals surface area contributed by atoms with Gasteiger partial charge in [0.2, 0.25) is 5.95 Å². The van der Waals surface area contributed by atoms with Gasteiger partial charge in [-0.3, -0.25) is 0 Å². The van der Waals surface area contributed by atoms with Gasteiger partial charge >= 0.3 is 0 Å². The molecule has 1 aliphatic heterocycles. The quantitative estimate of drug-likeness (QED) is 0.340. The molecular formula is C28H33N7OS. The van der Waals surface area contributed by atoms with Crippen LogP contribution < -0.4 is 16.0 Å². The largest absolute Gasteiger partial charge is 0.393 e. The summed E-state index contributed by atoms with van der Waals surface area (Å²) in [6, 6.07) is 17.1. The Hall–Kier alpha value is -3.14. The molecule has 0 spiro atoms. The molecule has 4 N–H and O–H groups in total. The molecule has 1 aliphatic carbocycles. The summed E-state index contributed by atoms with van der Waals surface area (Å²) in [5.74, 6) is 1.64. The number of benzene rings is 1. The first-order valence-corrected chi connectivity index (χ1v) is 14.0. The fraction of sp³-hybridized carbons (Fsp3) is 0.429. The van der Waals surface area contributed by atoms with E-state index in [9.17, 15) is 5.11 Å². The first-order chi connectivity index (χ1) is 18.1. The van der Waals surface area contributed by atoms with E-state index in [4.69, 9.17) is 25.7 Å². The Morgan fingerprint density at radius 2 is 1.70 bits per heavy atom. The van der Waals surface area contributed by atoms with Gasteiger partial charge in [-0.25, -0.2) is 19.9 Å². The Morgan fingerprint density at radius 1 is 0.919 bits per heavy atom. The van der Waals surface area contributed by atoms with Crippen molar-refractivity contribution in [2.24, 2.45) is 5.73 Å². The summed E-state index contributed by atoms with van der Waals surface area (Å²) in [5, 5.41) is 14.4. The number of nitrogens with one attached hydrogen (secondary N) is 1. The molecule has 1 aromatic carbocycles. The molecule has 4 aromatic rings. The summed E-state index contributed by atoms with van der Waals surface area (Å²) in [6.07, 6.45) is 5.69. The topological polar surface area (TPSA) is 113 Å². The minimum atomic E-state index is -0.186. The van der Waals surface area contributed by atoms with Crippen LogP contribution >= 0.6 is 11.3 Å². The lowest BCUT2D eigenvalue weighted by Gasteiger charge is -2.26. The molecule has 0 radical (unpaired) electrons. The monoisotopic (exact) mass is 515 g/mol. The molecule has 6 rings (SSSR count).